The summed E-state index contributed by atoms with van der Waals surface area (Å²) >= 11 is 0. The largest absolute Gasteiger partial charge is 0.465 e. The molecule has 0 bridgehead atoms. The van der Waals surface area contributed by atoms with E-state index in [2.05, 4.69) is 29.2 Å². The summed E-state index contributed by atoms with van der Waals surface area (Å²) in [6.07, 6.45) is 4.18. The van der Waals surface area contributed by atoms with Gasteiger partial charge in [-0.15, -0.1) is 0 Å². The highest BCUT2D eigenvalue weighted by Gasteiger charge is 2.33. The molecule has 2 unspecified atom stereocenters. The van der Waals surface area contributed by atoms with Gasteiger partial charge in [-0.25, -0.2) is 0 Å². The van der Waals surface area contributed by atoms with Gasteiger partial charge in [0.2, 0.25) is 0 Å². The number of hydrogen-bond donors (Lipinski definition) is 0. The Morgan fingerprint density at radius 3 is 2.74 bits per heavy atom. The summed E-state index contributed by atoms with van der Waals surface area (Å²) in [6.45, 7) is 2.33. The van der Waals surface area contributed by atoms with Gasteiger partial charge in [0.1, 0.15) is 6.04 Å². The summed E-state index contributed by atoms with van der Waals surface area (Å²) in [5, 5.41) is 0. The van der Waals surface area contributed by atoms with Crippen molar-refractivity contribution in [2.24, 2.45) is 0 Å². The molecule has 1 aliphatic heterocycles. The number of esters is 1. The van der Waals surface area contributed by atoms with E-state index in [1.807, 2.05) is 20.0 Å². The smallest absolute Gasteiger partial charge is 0.323 e. The monoisotopic (exact) mass is 261 g/mol. The number of carbonyl (C=O) groups is 1. The number of hydrogen-bond acceptors (Lipinski definition) is 3. The number of piperidine rings is 1. The molecule has 19 heavy (non-hydrogen) atoms. The molecule has 0 saturated carbocycles. The van der Waals surface area contributed by atoms with E-state index in [9.17, 15) is 4.79 Å². The van der Waals surface area contributed by atoms with Gasteiger partial charge in [-0.2, -0.15) is 0 Å². The van der Waals surface area contributed by atoms with Crippen molar-refractivity contribution < 1.29 is 9.53 Å². The Labute approximate surface area is 115 Å². The molecule has 1 fully saturated rings. The molecule has 104 valence electrons. The van der Waals surface area contributed by atoms with Crippen LogP contribution in [0.3, 0.4) is 0 Å². The highest BCUT2D eigenvalue weighted by atomic mass is 16.5. The van der Waals surface area contributed by atoms with Crippen LogP contribution >= 0.6 is 0 Å². The van der Waals surface area contributed by atoms with Crippen molar-refractivity contribution in [1.82, 2.24) is 4.90 Å². The van der Waals surface area contributed by atoms with Crippen LogP contribution in [0.2, 0.25) is 0 Å². The van der Waals surface area contributed by atoms with Crippen LogP contribution in [0, 0.1) is 0 Å². The Morgan fingerprint density at radius 1 is 1.32 bits per heavy atom. The summed E-state index contributed by atoms with van der Waals surface area (Å²) < 4.78 is 5.17. The Balaban J connectivity index is 2.00. The maximum atomic E-state index is 11.9. The second-order valence-electron chi connectivity index (χ2n) is 5.21. The van der Waals surface area contributed by atoms with Crippen LogP contribution in [0.1, 0.15) is 31.7 Å². The highest BCUT2D eigenvalue weighted by Crippen LogP contribution is 2.24. The second-order valence-corrected chi connectivity index (χ2v) is 5.21. The third kappa shape index (κ3) is 3.57. The summed E-state index contributed by atoms with van der Waals surface area (Å²) in [7, 11) is 2.05. The van der Waals surface area contributed by atoms with Crippen LogP contribution in [-0.4, -0.2) is 36.6 Å². The third-order valence-corrected chi connectivity index (χ3v) is 3.96. The van der Waals surface area contributed by atoms with Gasteiger partial charge >= 0.3 is 5.97 Å². The zero-order chi connectivity index (χ0) is 13.7. The molecule has 0 spiro atoms. The van der Waals surface area contributed by atoms with Crippen molar-refractivity contribution in [2.45, 2.75) is 44.7 Å². The van der Waals surface area contributed by atoms with Crippen LogP contribution in [0.15, 0.2) is 30.3 Å². The maximum absolute atomic E-state index is 11.9. The lowest BCUT2D eigenvalue weighted by atomic mass is 9.92. The van der Waals surface area contributed by atoms with Gasteiger partial charge < -0.3 is 4.74 Å². The Hall–Kier alpha value is -1.35. The number of likely N-dealkylation sites (N-methyl/N-ethyl adjacent to an activating group) is 1. The first-order valence-electron chi connectivity index (χ1n) is 7.15. The lowest BCUT2D eigenvalue weighted by Crippen LogP contribution is -2.49. The van der Waals surface area contributed by atoms with Crippen LogP contribution in [0.25, 0.3) is 0 Å². The van der Waals surface area contributed by atoms with Crippen molar-refractivity contribution in [3.8, 4) is 0 Å². The first kappa shape index (κ1) is 14.1. The molecule has 0 radical (unpaired) electrons. The van der Waals surface area contributed by atoms with Crippen LogP contribution < -0.4 is 0 Å². The van der Waals surface area contributed by atoms with Gasteiger partial charge in [0.05, 0.1) is 6.61 Å². The standard InChI is InChI=1S/C16H23NO2/c1-3-19-16(18)15-11-7-10-14(17(15)2)12-13-8-5-4-6-9-13/h4-6,8-9,14-15H,3,7,10-12H2,1-2H3. The van der Waals surface area contributed by atoms with E-state index in [1.54, 1.807) is 0 Å². The number of ether oxygens (including phenoxy) is 1. The van der Waals surface area contributed by atoms with Gasteiger partial charge in [-0.3, -0.25) is 9.69 Å². The van der Waals surface area contributed by atoms with Gasteiger partial charge in [-0.1, -0.05) is 30.3 Å². The van der Waals surface area contributed by atoms with Crippen molar-refractivity contribution in [1.29, 1.82) is 0 Å². The van der Waals surface area contributed by atoms with Crippen LogP contribution in [0.5, 0.6) is 0 Å². The lowest BCUT2D eigenvalue weighted by Gasteiger charge is -2.38. The SMILES string of the molecule is CCOC(=O)C1CCCC(Cc2ccccc2)N1C. The number of carbonyl (C=O) groups excluding carboxylic acids is 1. The van der Waals surface area contributed by atoms with Gasteiger partial charge in [0, 0.05) is 6.04 Å². The van der Waals surface area contributed by atoms with Crippen molar-refractivity contribution >= 4 is 5.97 Å². The number of benzene rings is 1. The summed E-state index contributed by atoms with van der Waals surface area (Å²) in [6, 6.07) is 10.9. The van der Waals surface area contributed by atoms with Crippen LogP contribution in [0.4, 0.5) is 0 Å². The van der Waals surface area contributed by atoms with E-state index in [4.69, 9.17) is 4.74 Å². The molecule has 0 amide bonds. The predicted octanol–water partition coefficient (Wildman–Crippen LogP) is 2.65. The molecule has 0 aromatic heterocycles. The van der Waals surface area contributed by atoms with Gasteiger partial charge in [0.15, 0.2) is 0 Å². The maximum Gasteiger partial charge on any atom is 0.323 e. The topological polar surface area (TPSA) is 29.5 Å². The first-order valence-corrected chi connectivity index (χ1v) is 7.15. The fraction of sp³-hybridized carbons (Fsp3) is 0.562. The quantitative estimate of drug-likeness (QED) is 0.780. The molecule has 1 heterocycles. The normalized spacial score (nSPS) is 24.1. The van der Waals surface area contributed by atoms with E-state index in [1.165, 1.54) is 5.56 Å². The molecule has 3 heteroatoms. The average Bonchev–Trinajstić information content (AvgIpc) is 2.42. The average molecular weight is 261 g/mol. The summed E-state index contributed by atoms with van der Waals surface area (Å²) in [5.41, 5.74) is 1.34. The predicted molar refractivity (Wildman–Crippen MR) is 76.0 cm³/mol. The molecule has 1 aromatic carbocycles. The third-order valence-electron chi connectivity index (χ3n) is 3.96. The molecule has 2 atom stereocenters. The molecule has 0 N–H and O–H groups in total. The number of likely N-dealkylation sites (tertiary alicyclic amines) is 1. The Kier molecular flexibility index (Phi) is 4.97. The Bertz CT molecular complexity index is 404. The molecule has 1 saturated heterocycles. The fourth-order valence-electron chi connectivity index (χ4n) is 2.86. The molecule has 1 aromatic rings. The second kappa shape index (κ2) is 6.71. The van der Waals surface area contributed by atoms with Gasteiger partial charge in [0.25, 0.3) is 0 Å². The first-order chi connectivity index (χ1) is 9.22. The van der Waals surface area contributed by atoms with E-state index >= 15 is 0 Å². The van der Waals surface area contributed by atoms with E-state index < -0.39 is 0 Å². The zero-order valence-corrected chi connectivity index (χ0v) is 11.8. The van der Waals surface area contributed by atoms with Crippen molar-refractivity contribution in [2.75, 3.05) is 13.7 Å². The summed E-state index contributed by atoms with van der Waals surface area (Å²) in [4.78, 5) is 14.1. The van der Waals surface area contributed by atoms with Crippen molar-refractivity contribution in [3.05, 3.63) is 35.9 Å². The number of rotatable bonds is 4. The van der Waals surface area contributed by atoms with E-state index in [-0.39, 0.29) is 12.0 Å². The minimum atomic E-state index is -0.0672. The number of nitrogens with zero attached hydrogens (tertiary/aromatic N) is 1. The Morgan fingerprint density at radius 2 is 2.05 bits per heavy atom. The minimum absolute atomic E-state index is 0.0669. The van der Waals surface area contributed by atoms with E-state index in [0.717, 1.165) is 25.7 Å². The molecular weight excluding hydrogens is 238 g/mol. The van der Waals surface area contributed by atoms with Crippen molar-refractivity contribution in [3.63, 3.8) is 0 Å². The molecular formula is C16H23NO2. The van der Waals surface area contributed by atoms with E-state index in [0.29, 0.717) is 12.6 Å². The molecule has 3 nitrogen and oxygen atoms in total. The van der Waals surface area contributed by atoms with Crippen LogP contribution in [-0.2, 0) is 16.0 Å². The minimum Gasteiger partial charge on any atom is -0.465 e. The highest BCUT2D eigenvalue weighted by molar-refractivity contribution is 5.75. The summed E-state index contributed by atoms with van der Waals surface area (Å²) in [5.74, 6) is -0.0669. The lowest BCUT2D eigenvalue weighted by molar-refractivity contribution is -0.151. The molecule has 1 aliphatic rings. The zero-order valence-electron chi connectivity index (χ0n) is 11.8. The van der Waals surface area contributed by atoms with Gasteiger partial charge in [-0.05, 0) is 45.2 Å². The molecule has 0 aliphatic carbocycles. The molecule has 2 rings (SSSR count). The fourth-order valence-corrected chi connectivity index (χ4v) is 2.86.